The Morgan fingerprint density at radius 1 is 0.905 bits per heavy atom. The van der Waals surface area contributed by atoms with Crippen LogP contribution >= 0.6 is 15.9 Å². The van der Waals surface area contributed by atoms with Crippen LogP contribution in [0.5, 0.6) is 0 Å². The molecule has 0 saturated heterocycles. The van der Waals surface area contributed by atoms with Crippen molar-refractivity contribution in [2.75, 3.05) is 0 Å². The van der Waals surface area contributed by atoms with Gasteiger partial charge in [0.2, 0.25) is 0 Å². The molecule has 2 heteroatoms. The summed E-state index contributed by atoms with van der Waals surface area (Å²) in [5.41, 5.74) is 1.54. The molecule has 0 aromatic heterocycles. The molecule has 118 valence electrons. The molecule has 1 atom stereocenters. The molecule has 1 unspecified atom stereocenters. The Bertz CT molecular complexity index is 370. The van der Waals surface area contributed by atoms with Gasteiger partial charge in [0.1, 0.15) is 6.71 Å². The normalized spacial score (nSPS) is 12.4. The molecule has 0 heterocycles. The van der Waals surface area contributed by atoms with Gasteiger partial charge in [-0.25, -0.2) is 0 Å². The van der Waals surface area contributed by atoms with Crippen LogP contribution < -0.4 is 0 Å². The minimum atomic E-state index is 0.735. The Balaban J connectivity index is 2.92. The zero-order valence-corrected chi connectivity index (χ0v) is 15.8. The van der Waals surface area contributed by atoms with Crippen LogP contribution in [0.1, 0.15) is 77.1 Å². The summed E-state index contributed by atoms with van der Waals surface area (Å²) in [5.74, 6) is 0.735. The first-order valence-corrected chi connectivity index (χ1v) is 9.78. The van der Waals surface area contributed by atoms with Gasteiger partial charge in [-0.3, -0.25) is 0 Å². The van der Waals surface area contributed by atoms with E-state index < -0.39 is 0 Å². The highest BCUT2D eigenvalue weighted by molar-refractivity contribution is 9.10. The van der Waals surface area contributed by atoms with Gasteiger partial charge in [-0.1, -0.05) is 112 Å². The summed E-state index contributed by atoms with van der Waals surface area (Å²) < 4.78 is 1.31. The largest absolute Gasteiger partial charge is 0.148 e. The molecule has 1 aromatic carbocycles. The van der Waals surface area contributed by atoms with E-state index in [1.54, 1.807) is 5.56 Å². The second-order valence-electron chi connectivity index (χ2n) is 6.31. The second-order valence-corrected chi connectivity index (χ2v) is 7.17. The maximum Gasteiger partial charge on any atom is 0.148 e. The van der Waals surface area contributed by atoms with Crippen molar-refractivity contribution >= 4 is 22.6 Å². The van der Waals surface area contributed by atoms with Crippen LogP contribution in [-0.4, -0.2) is 6.71 Å². The first kappa shape index (κ1) is 18.8. The van der Waals surface area contributed by atoms with E-state index in [1.807, 2.05) is 0 Å². The van der Waals surface area contributed by atoms with Crippen LogP contribution in [0.3, 0.4) is 0 Å². The first-order chi connectivity index (χ1) is 10.2. The highest BCUT2D eigenvalue weighted by Crippen LogP contribution is 2.34. The molecule has 21 heavy (non-hydrogen) atoms. The molecular weight excluding hydrogens is 319 g/mol. The van der Waals surface area contributed by atoms with Crippen molar-refractivity contribution in [2.45, 2.75) is 84.2 Å². The fourth-order valence-electron chi connectivity index (χ4n) is 3.32. The molecular formula is C19H32BBr. The Morgan fingerprint density at radius 3 is 2.00 bits per heavy atom. The molecule has 0 radical (unpaired) electrons. The summed E-state index contributed by atoms with van der Waals surface area (Å²) >= 11 is 3.79. The van der Waals surface area contributed by atoms with Crippen molar-refractivity contribution < 1.29 is 0 Å². The Labute approximate surface area is 141 Å². The van der Waals surface area contributed by atoms with E-state index in [2.05, 4.69) is 61.0 Å². The lowest BCUT2D eigenvalue weighted by atomic mass is 9.34. The van der Waals surface area contributed by atoms with E-state index in [0.29, 0.717) is 0 Å². The number of halogens is 1. The summed E-state index contributed by atoms with van der Waals surface area (Å²) in [5, 5.41) is 0. The van der Waals surface area contributed by atoms with Crippen LogP contribution in [0, 0.1) is 0 Å². The number of unbranched alkanes of at least 4 members (excludes halogenated alkanes) is 3. The van der Waals surface area contributed by atoms with E-state index in [0.717, 1.165) is 12.5 Å². The van der Waals surface area contributed by atoms with E-state index in [-0.39, 0.29) is 0 Å². The molecule has 0 amide bonds. The van der Waals surface area contributed by atoms with Crippen LogP contribution in [0.15, 0.2) is 28.7 Å². The third-order valence-corrected chi connectivity index (χ3v) is 5.32. The predicted octanol–water partition coefficient (Wildman–Crippen LogP) is 7.36. The summed E-state index contributed by atoms with van der Waals surface area (Å²) in [7, 11) is 0. The molecule has 0 fully saturated rings. The third kappa shape index (κ3) is 6.59. The van der Waals surface area contributed by atoms with Gasteiger partial charge in [-0.05, 0) is 17.4 Å². The topological polar surface area (TPSA) is 0 Å². The molecule has 0 N–H and O–H groups in total. The SMILES string of the molecule is CCCCB(CCCC)C(CCCC)c1ccccc1Br. The van der Waals surface area contributed by atoms with Crippen molar-refractivity contribution in [1.82, 2.24) is 0 Å². The first-order valence-electron chi connectivity index (χ1n) is 8.98. The van der Waals surface area contributed by atoms with Crippen LogP contribution in [0.25, 0.3) is 0 Å². The highest BCUT2D eigenvalue weighted by Gasteiger charge is 2.26. The van der Waals surface area contributed by atoms with Gasteiger partial charge in [0.15, 0.2) is 0 Å². The van der Waals surface area contributed by atoms with E-state index in [1.165, 1.54) is 62.1 Å². The van der Waals surface area contributed by atoms with Crippen LogP contribution in [0.2, 0.25) is 12.6 Å². The monoisotopic (exact) mass is 350 g/mol. The molecule has 1 aromatic rings. The molecule has 0 saturated carbocycles. The number of benzene rings is 1. The van der Waals surface area contributed by atoms with E-state index in [4.69, 9.17) is 0 Å². The zero-order chi connectivity index (χ0) is 15.5. The lowest BCUT2D eigenvalue weighted by Gasteiger charge is -2.26. The maximum atomic E-state index is 3.79. The minimum Gasteiger partial charge on any atom is -0.0737 e. The average Bonchev–Trinajstić information content (AvgIpc) is 2.50. The van der Waals surface area contributed by atoms with Gasteiger partial charge >= 0.3 is 0 Å². The summed E-state index contributed by atoms with van der Waals surface area (Å²) in [6.45, 7) is 7.80. The van der Waals surface area contributed by atoms with Crippen molar-refractivity contribution in [3.63, 3.8) is 0 Å². The van der Waals surface area contributed by atoms with Crippen molar-refractivity contribution in [3.8, 4) is 0 Å². The van der Waals surface area contributed by atoms with Crippen molar-refractivity contribution in [2.24, 2.45) is 0 Å². The number of hydrogen-bond donors (Lipinski definition) is 0. The van der Waals surface area contributed by atoms with Crippen LogP contribution in [-0.2, 0) is 0 Å². The van der Waals surface area contributed by atoms with Gasteiger partial charge in [-0.2, -0.15) is 0 Å². The van der Waals surface area contributed by atoms with Crippen molar-refractivity contribution in [1.29, 1.82) is 0 Å². The van der Waals surface area contributed by atoms with Crippen molar-refractivity contribution in [3.05, 3.63) is 34.3 Å². The summed E-state index contributed by atoms with van der Waals surface area (Å²) in [6, 6.07) is 8.90. The highest BCUT2D eigenvalue weighted by atomic mass is 79.9. The lowest BCUT2D eigenvalue weighted by molar-refractivity contribution is 0.676. The average molecular weight is 351 g/mol. The van der Waals surface area contributed by atoms with Gasteiger partial charge in [0.05, 0.1) is 0 Å². The van der Waals surface area contributed by atoms with Gasteiger partial charge < -0.3 is 0 Å². The zero-order valence-electron chi connectivity index (χ0n) is 14.2. The van der Waals surface area contributed by atoms with Gasteiger partial charge in [0.25, 0.3) is 0 Å². The fourth-order valence-corrected chi connectivity index (χ4v) is 3.90. The molecule has 0 aliphatic heterocycles. The Morgan fingerprint density at radius 2 is 1.48 bits per heavy atom. The molecule has 0 aliphatic rings. The Hall–Kier alpha value is -0.235. The predicted molar refractivity (Wildman–Crippen MR) is 102 cm³/mol. The molecule has 0 spiro atoms. The molecule has 0 bridgehead atoms. The quantitative estimate of drug-likeness (QED) is 0.365. The van der Waals surface area contributed by atoms with Gasteiger partial charge in [-0.15, -0.1) is 0 Å². The van der Waals surface area contributed by atoms with Crippen LogP contribution in [0.4, 0.5) is 0 Å². The second kappa shape index (κ2) is 11.3. The number of rotatable bonds is 11. The molecule has 0 aliphatic carbocycles. The van der Waals surface area contributed by atoms with Gasteiger partial charge in [0, 0.05) is 4.47 Å². The number of hydrogen-bond acceptors (Lipinski definition) is 0. The lowest BCUT2D eigenvalue weighted by Crippen LogP contribution is -2.24. The fraction of sp³-hybridized carbons (Fsp3) is 0.684. The van der Waals surface area contributed by atoms with E-state index in [9.17, 15) is 0 Å². The van der Waals surface area contributed by atoms with E-state index >= 15 is 0 Å². The molecule has 1 rings (SSSR count). The summed E-state index contributed by atoms with van der Waals surface area (Å²) in [6.07, 6.45) is 12.2. The Kier molecular flexibility index (Phi) is 10.2. The standard InChI is InChI=1S/C19H32BBr/c1-4-7-13-18(17-12-10-11-14-19(17)21)20(15-8-5-2)16-9-6-3/h10-12,14,18H,4-9,13,15-16H2,1-3H3. The maximum absolute atomic E-state index is 3.79. The molecule has 0 nitrogen and oxygen atoms in total. The summed E-state index contributed by atoms with van der Waals surface area (Å²) in [4.78, 5) is 0. The minimum absolute atomic E-state index is 0.735. The smallest absolute Gasteiger partial charge is 0.0737 e. The third-order valence-electron chi connectivity index (χ3n) is 4.60.